The number of methoxy groups -OCH3 is 2. The van der Waals surface area contributed by atoms with Crippen LogP contribution in [-0.2, 0) is 17.8 Å². The Kier molecular flexibility index (Phi) is 8.54. The maximum atomic E-state index is 11.3. The van der Waals surface area contributed by atoms with E-state index >= 15 is 0 Å². The summed E-state index contributed by atoms with van der Waals surface area (Å²) in [6.45, 7) is 4.74. The molecule has 0 unspecified atom stereocenters. The molecule has 0 radical (unpaired) electrons. The second-order valence-corrected chi connectivity index (χ2v) is 7.95. The van der Waals surface area contributed by atoms with Crippen molar-refractivity contribution in [2.45, 2.75) is 45.8 Å². The molecule has 8 nitrogen and oxygen atoms in total. The predicted molar refractivity (Wildman–Crippen MR) is 130 cm³/mol. The fourth-order valence-electron chi connectivity index (χ4n) is 3.72. The molecular formula is C26H32N2O6. The number of para-hydroxylation sites is 1. The zero-order valence-corrected chi connectivity index (χ0v) is 20.1. The highest BCUT2D eigenvalue weighted by Gasteiger charge is 2.21. The molecule has 1 atom stereocenters. The van der Waals surface area contributed by atoms with Crippen LogP contribution in [0, 0.1) is 0 Å². The average molecular weight is 469 g/mol. The van der Waals surface area contributed by atoms with Gasteiger partial charge in [0.05, 0.1) is 51.3 Å². The standard InChI is InChI=1S/C26H32N2O6/c1-5-12-34-23-11-10-17(14-25(30)31)13-20(23)21-15-22(28(27-21)16-18(29)6-2)19-8-7-9-24(32-3)26(19)33-4/h7-11,13,15,18,29H,5-6,12,14,16H2,1-4H3,(H,30,31)/t18-/m1/s1. The third-order valence-electron chi connectivity index (χ3n) is 5.45. The van der Waals surface area contributed by atoms with Crippen molar-refractivity contribution >= 4 is 5.97 Å². The van der Waals surface area contributed by atoms with Crippen LogP contribution in [0.15, 0.2) is 42.5 Å². The minimum Gasteiger partial charge on any atom is -0.493 e. The fraction of sp³-hybridized carbons (Fsp3) is 0.385. The van der Waals surface area contributed by atoms with Crippen molar-refractivity contribution in [3.8, 4) is 39.8 Å². The van der Waals surface area contributed by atoms with E-state index in [1.807, 2.05) is 38.1 Å². The molecule has 0 bridgehead atoms. The summed E-state index contributed by atoms with van der Waals surface area (Å²) in [5, 5.41) is 24.5. The molecule has 34 heavy (non-hydrogen) atoms. The van der Waals surface area contributed by atoms with E-state index in [9.17, 15) is 15.0 Å². The van der Waals surface area contributed by atoms with Gasteiger partial charge in [0.2, 0.25) is 0 Å². The second-order valence-electron chi connectivity index (χ2n) is 7.95. The van der Waals surface area contributed by atoms with Gasteiger partial charge in [-0.1, -0.05) is 26.0 Å². The van der Waals surface area contributed by atoms with Gasteiger partial charge < -0.3 is 24.4 Å². The Hall–Kier alpha value is -3.52. The Morgan fingerprint density at radius 3 is 2.50 bits per heavy atom. The predicted octanol–water partition coefficient (Wildman–Crippen LogP) is 4.42. The molecule has 0 spiro atoms. The quantitative estimate of drug-likeness (QED) is 0.406. The molecule has 8 heteroatoms. The summed E-state index contributed by atoms with van der Waals surface area (Å²) >= 11 is 0. The first kappa shape index (κ1) is 25.1. The molecule has 0 saturated carbocycles. The van der Waals surface area contributed by atoms with E-state index in [-0.39, 0.29) is 13.0 Å². The third-order valence-corrected chi connectivity index (χ3v) is 5.45. The Bertz CT molecular complexity index is 1120. The minimum atomic E-state index is -0.911. The van der Waals surface area contributed by atoms with Crippen LogP contribution < -0.4 is 14.2 Å². The van der Waals surface area contributed by atoms with Crippen LogP contribution in [0.3, 0.4) is 0 Å². The monoisotopic (exact) mass is 468 g/mol. The summed E-state index contributed by atoms with van der Waals surface area (Å²) in [5.74, 6) is 0.860. The maximum Gasteiger partial charge on any atom is 0.307 e. The number of aliphatic hydroxyl groups excluding tert-OH is 1. The summed E-state index contributed by atoms with van der Waals surface area (Å²) in [6, 6.07) is 12.8. The van der Waals surface area contributed by atoms with E-state index in [1.165, 1.54) is 0 Å². The maximum absolute atomic E-state index is 11.3. The average Bonchev–Trinajstić information content (AvgIpc) is 3.25. The highest BCUT2D eigenvalue weighted by molar-refractivity contribution is 5.78. The Balaban J connectivity index is 2.20. The number of carboxylic acids is 1. The van der Waals surface area contributed by atoms with Gasteiger partial charge in [0.15, 0.2) is 11.5 Å². The zero-order valence-electron chi connectivity index (χ0n) is 20.1. The van der Waals surface area contributed by atoms with Crippen LogP contribution in [0.25, 0.3) is 22.5 Å². The smallest absolute Gasteiger partial charge is 0.307 e. The lowest BCUT2D eigenvalue weighted by Gasteiger charge is -2.15. The first-order chi connectivity index (χ1) is 16.4. The second kappa shape index (κ2) is 11.6. The normalized spacial score (nSPS) is 11.8. The van der Waals surface area contributed by atoms with Gasteiger partial charge in [-0.15, -0.1) is 0 Å². The molecule has 182 valence electrons. The number of aliphatic carboxylic acids is 1. The van der Waals surface area contributed by atoms with Crippen LogP contribution in [0.2, 0.25) is 0 Å². The molecule has 0 saturated heterocycles. The summed E-state index contributed by atoms with van der Waals surface area (Å²) < 4.78 is 18.8. The Morgan fingerprint density at radius 1 is 1.06 bits per heavy atom. The van der Waals surface area contributed by atoms with E-state index in [2.05, 4.69) is 0 Å². The van der Waals surface area contributed by atoms with E-state index in [1.54, 1.807) is 37.1 Å². The molecule has 3 aromatic rings. The molecule has 1 heterocycles. The van der Waals surface area contributed by atoms with Gasteiger partial charge in [-0.2, -0.15) is 5.10 Å². The molecule has 0 fully saturated rings. The van der Waals surface area contributed by atoms with Gasteiger partial charge in [0.25, 0.3) is 0 Å². The number of aliphatic hydroxyl groups is 1. The number of rotatable bonds is 12. The lowest BCUT2D eigenvalue weighted by Crippen LogP contribution is -2.16. The van der Waals surface area contributed by atoms with Crippen molar-refractivity contribution in [2.75, 3.05) is 20.8 Å². The molecule has 2 N–H and O–H groups in total. The van der Waals surface area contributed by atoms with Gasteiger partial charge in [0.1, 0.15) is 5.75 Å². The summed E-state index contributed by atoms with van der Waals surface area (Å²) in [6.07, 6.45) is 0.715. The summed E-state index contributed by atoms with van der Waals surface area (Å²) in [5.41, 5.74) is 3.46. The first-order valence-electron chi connectivity index (χ1n) is 11.4. The molecule has 0 amide bonds. The van der Waals surface area contributed by atoms with Crippen LogP contribution in [-0.4, -0.2) is 52.9 Å². The Labute approximate surface area is 199 Å². The van der Waals surface area contributed by atoms with Gasteiger partial charge in [-0.3, -0.25) is 9.48 Å². The zero-order chi connectivity index (χ0) is 24.7. The topological polar surface area (TPSA) is 103 Å². The molecule has 1 aromatic heterocycles. The molecule has 2 aromatic carbocycles. The van der Waals surface area contributed by atoms with E-state index in [0.29, 0.717) is 47.1 Å². The lowest BCUT2D eigenvalue weighted by molar-refractivity contribution is -0.136. The van der Waals surface area contributed by atoms with Crippen molar-refractivity contribution in [2.24, 2.45) is 0 Å². The SMILES string of the molecule is CCCOc1ccc(CC(=O)O)cc1-c1cc(-c2cccc(OC)c2OC)n(C[C@H](O)CC)n1. The lowest BCUT2D eigenvalue weighted by atomic mass is 10.0. The largest absolute Gasteiger partial charge is 0.493 e. The number of hydrogen-bond acceptors (Lipinski definition) is 6. The number of aromatic nitrogens is 2. The number of benzene rings is 2. The first-order valence-corrected chi connectivity index (χ1v) is 11.4. The van der Waals surface area contributed by atoms with Crippen molar-refractivity contribution in [1.82, 2.24) is 9.78 Å². The van der Waals surface area contributed by atoms with Crippen molar-refractivity contribution in [3.05, 3.63) is 48.0 Å². The third kappa shape index (κ3) is 5.69. The highest BCUT2D eigenvalue weighted by Crippen LogP contribution is 2.40. The fourth-order valence-corrected chi connectivity index (χ4v) is 3.72. The summed E-state index contributed by atoms with van der Waals surface area (Å²) in [7, 11) is 3.16. The molecule has 0 aliphatic heterocycles. The number of hydrogen-bond donors (Lipinski definition) is 2. The van der Waals surface area contributed by atoms with E-state index in [4.69, 9.17) is 19.3 Å². The molecule has 0 aliphatic rings. The van der Waals surface area contributed by atoms with E-state index < -0.39 is 12.1 Å². The van der Waals surface area contributed by atoms with Crippen LogP contribution in [0.5, 0.6) is 17.2 Å². The van der Waals surface area contributed by atoms with Crippen molar-refractivity contribution in [3.63, 3.8) is 0 Å². The Morgan fingerprint density at radius 2 is 1.85 bits per heavy atom. The van der Waals surface area contributed by atoms with Crippen molar-refractivity contribution < 1.29 is 29.2 Å². The molecule has 3 rings (SSSR count). The number of nitrogens with zero attached hydrogens (tertiary/aromatic N) is 2. The molecule has 0 aliphatic carbocycles. The number of ether oxygens (including phenoxy) is 3. The van der Waals surface area contributed by atoms with Crippen LogP contribution in [0.4, 0.5) is 0 Å². The van der Waals surface area contributed by atoms with Crippen LogP contribution in [0.1, 0.15) is 32.3 Å². The number of carbonyl (C=O) groups is 1. The number of carboxylic acid groups (broad SMARTS) is 1. The van der Waals surface area contributed by atoms with Gasteiger partial charge in [-0.05, 0) is 48.7 Å². The van der Waals surface area contributed by atoms with E-state index in [0.717, 1.165) is 17.7 Å². The van der Waals surface area contributed by atoms with Crippen molar-refractivity contribution in [1.29, 1.82) is 0 Å². The summed E-state index contributed by atoms with van der Waals surface area (Å²) in [4.78, 5) is 11.3. The minimum absolute atomic E-state index is 0.104. The van der Waals surface area contributed by atoms with Gasteiger partial charge >= 0.3 is 5.97 Å². The van der Waals surface area contributed by atoms with Crippen LogP contribution >= 0.6 is 0 Å². The van der Waals surface area contributed by atoms with Gasteiger partial charge in [0, 0.05) is 11.1 Å². The van der Waals surface area contributed by atoms with Gasteiger partial charge in [-0.25, -0.2) is 0 Å². The molecular weight excluding hydrogens is 436 g/mol. The highest BCUT2D eigenvalue weighted by atomic mass is 16.5.